The molecule has 0 saturated carbocycles. The molecule has 0 amide bonds. The van der Waals surface area contributed by atoms with Crippen LogP contribution in [0.3, 0.4) is 0 Å². The van der Waals surface area contributed by atoms with E-state index >= 15 is 0 Å². The van der Waals surface area contributed by atoms with Crippen LogP contribution in [0.5, 0.6) is 0 Å². The molecule has 2 N–H and O–H groups in total. The molecule has 2 aliphatic heterocycles. The minimum Gasteiger partial charge on any atom is -0.372 e. The first kappa shape index (κ1) is 12.0. The lowest BCUT2D eigenvalue weighted by Gasteiger charge is -2.30. The van der Waals surface area contributed by atoms with Gasteiger partial charge in [0.25, 0.3) is 0 Å². The van der Waals surface area contributed by atoms with Crippen LogP contribution < -0.4 is 15.5 Å². The molecule has 0 aliphatic carbocycles. The summed E-state index contributed by atoms with van der Waals surface area (Å²) in [5, 5.41) is 7.00. The van der Waals surface area contributed by atoms with E-state index in [0.29, 0.717) is 6.04 Å². The third kappa shape index (κ3) is 2.68. The van der Waals surface area contributed by atoms with Crippen LogP contribution in [0.2, 0.25) is 0 Å². The van der Waals surface area contributed by atoms with Crippen LogP contribution in [0.4, 0.5) is 5.69 Å². The van der Waals surface area contributed by atoms with E-state index < -0.39 is 0 Å². The van der Waals surface area contributed by atoms with Crippen LogP contribution >= 0.6 is 0 Å². The Labute approximate surface area is 110 Å². The molecule has 2 fully saturated rings. The highest BCUT2D eigenvalue weighted by Gasteiger charge is 2.15. The summed E-state index contributed by atoms with van der Waals surface area (Å²) < 4.78 is 0. The molecule has 1 unspecified atom stereocenters. The van der Waals surface area contributed by atoms with Gasteiger partial charge in [0.1, 0.15) is 0 Å². The second kappa shape index (κ2) is 5.72. The van der Waals surface area contributed by atoms with Crippen molar-refractivity contribution in [3.05, 3.63) is 29.8 Å². The number of anilines is 1. The third-order valence-corrected chi connectivity index (χ3v) is 4.06. The number of hydrogen-bond donors (Lipinski definition) is 2. The molecule has 2 aliphatic rings. The van der Waals surface area contributed by atoms with Crippen molar-refractivity contribution in [1.29, 1.82) is 0 Å². The molecule has 2 saturated heterocycles. The number of piperidine rings is 1. The standard InChI is InChI=1S/C15H23N3/c1-2-10-18(11-3-1)14-6-4-13(5-7-14)15-12-16-8-9-17-15/h4-7,15-17H,1-3,8-12H2. The van der Waals surface area contributed by atoms with Crippen molar-refractivity contribution in [2.24, 2.45) is 0 Å². The Morgan fingerprint density at radius 2 is 1.72 bits per heavy atom. The van der Waals surface area contributed by atoms with Crippen molar-refractivity contribution in [2.75, 3.05) is 37.6 Å². The molecule has 18 heavy (non-hydrogen) atoms. The fraction of sp³-hybridized carbons (Fsp3) is 0.600. The van der Waals surface area contributed by atoms with Crippen LogP contribution in [0, 0.1) is 0 Å². The molecule has 2 heterocycles. The maximum absolute atomic E-state index is 3.56. The van der Waals surface area contributed by atoms with Gasteiger partial charge in [0.2, 0.25) is 0 Å². The minimum atomic E-state index is 0.481. The second-order valence-electron chi connectivity index (χ2n) is 5.35. The predicted molar refractivity (Wildman–Crippen MR) is 76.1 cm³/mol. The van der Waals surface area contributed by atoms with E-state index in [0.717, 1.165) is 19.6 Å². The Morgan fingerprint density at radius 3 is 2.39 bits per heavy atom. The van der Waals surface area contributed by atoms with Crippen molar-refractivity contribution in [2.45, 2.75) is 25.3 Å². The van der Waals surface area contributed by atoms with E-state index in [1.54, 1.807) is 0 Å². The van der Waals surface area contributed by atoms with Gasteiger partial charge in [0, 0.05) is 44.5 Å². The van der Waals surface area contributed by atoms with Gasteiger partial charge in [-0.05, 0) is 37.0 Å². The summed E-state index contributed by atoms with van der Waals surface area (Å²) in [5.41, 5.74) is 2.80. The van der Waals surface area contributed by atoms with Gasteiger partial charge < -0.3 is 15.5 Å². The molecule has 0 bridgehead atoms. The first-order valence-electron chi connectivity index (χ1n) is 7.22. The maximum Gasteiger partial charge on any atom is 0.0447 e. The zero-order valence-corrected chi connectivity index (χ0v) is 11.0. The molecule has 1 atom stereocenters. The predicted octanol–water partition coefficient (Wildman–Crippen LogP) is 1.91. The average molecular weight is 245 g/mol. The van der Waals surface area contributed by atoms with Gasteiger partial charge in [-0.25, -0.2) is 0 Å². The van der Waals surface area contributed by atoms with Crippen LogP contribution in [0.1, 0.15) is 30.9 Å². The summed E-state index contributed by atoms with van der Waals surface area (Å²) in [6.07, 6.45) is 4.08. The molecule has 1 aromatic rings. The van der Waals surface area contributed by atoms with E-state index in [9.17, 15) is 0 Å². The topological polar surface area (TPSA) is 27.3 Å². The molecular formula is C15H23N3. The van der Waals surface area contributed by atoms with Crippen molar-refractivity contribution in [3.8, 4) is 0 Å². The van der Waals surface area contributed by atoms with E-state index in [1.807, 2.05) is 0 Å². The van der Waals surface area contributed by atoms with Gasteiger partial charge in [-0.1, -0.05) is 12.1 Å². The Bertz CT molecular complexity index is 325. The Kier molecular flexibility index (Phi) is 3.81. The van der Waals surface area contributed by atoms with Gasteiger partial charge in [0.15, 0.2) is 0 Å². The summed E-state index contributed by atoms with van der Waals surface area (Å²) in [6.45, 7) is 5.65. The smallest absolute Gasteiger partial charge is 0.0447 e. The maximum atomic E-state index is 3.56. The lowest BCUT2D eigenvalue weighted by atomic mass is 10.0. The molecule has 0 radical (unpaired) electrons. The highest BCUT2D eigenvalue weighted by Crippen LogP contribution is 2.22. The molecule has 3 rings (SSSR count). The molecule has 0 aromatic heterocycles. The summed E-state index contributed by atoms with van der Waals surface area (Å²) in [5.74, 6) is 0. The van der Waals surface area contributed by atoms with Gasteiger partial charge in [-0.2, -0.15) is 0 Å². The third-order valence-electron chi connectivity index (χ3n) is 4.06. The first-order chi connectivity index (χ1) is 8.93. The number of nitrogens with one attached hydrogen (secondary N) is 2. The van der Waals surface area contributed by atoms with Gasteiger partial charge in [-0.15, -0.1) is 0 Å². The summed E-state index contributed by atoms with van der Waals surface area (Å²) >= 11 is 0. The quantitative estimate of drug-likeness (QED) is 0.833. The zero-order valence-electron chi connectivity index (χ0n) is 11.0. The summed E-state index contributed by atoms with van der Waals surface area (Å²) in [4.78, 5) is 2.51. The summed E-state index contributed by atoms with van der Waals surface area (Å²) in [7, 11) is 0. The Hall–Kier alpha value is -1.06. The molecule has 98 valence electrons. The molecule has 0 spiro atoms. The molecular weight excluding hydrogens is 222 g/mol. The highest BCUT2D eigenvalue weighted by molar-refractivity contribution is 5.48. The fourth-order valence-electron chi connectivity index (χ4n) is 2.96. The van der Waals surface area contributed by atoms with Crippen molar-refractivity contribution >= 4 is 5.69 Å². The van der Waals surface area contributed by atoms with Crippen molar-refractivity contribution in [3.63, 3.8) is 0 Å². The van der Waals surface area contributed by atoms with Crippen molar-refractivity contribution in [1.82, 2.24) is 10.6 Å². The molecule has 3 nitrogen and oxygen atoms in total. The lowest BCUT2D eigenvalue weighted by Crippen LogP contribution is -2.42. The largest absolute Gasteiger partial charge is 0.372 e. The van der Waals surface area contributed by atoms with Crippen LogP contribution in [0.15, 0.2) is 24.3 Å². The van der Waals surface area contributed by atoms with Gasteiger partial charge in [0.05, 0.1) is 0 Å². The van der Waals surface area contributed by atoms with E-state index in [4.69, 9.17) is 0 Å². The molecule has 1 aromatic carbocycles. The first-order valence-corrected chi connectivity index (χ1v) is 7.22. The van der Waals surface area contributed by atoms with Crippen molar-refractivity contribution < 1.29 is 0 Å². The molecule has 3 heteroatoms. The van der Waals surface area contributed by atoms with E-state index in [2.05, 4.69) is 39.8 Å². The number of piperazine rings is 1. The van der Waals surface area contributed by atoms with Crippen LogP contribution in [-0.2, 0) is 0 Å². The monoisotopic (exact) mass is 245 g/mol. The van der Waals surface area contributed by atoms with E-state index in [1.165, 1.54) is 43.6 Å². The second-order valence-corrected chi connectivity index (χ2v) is 5.35. The van der Waals surface area contributed by atoms with Gasteiger partial charge in [-0.3, -0.25) is 0 Å². The fourth-order valence-corrected chi connectivity index (χ4v) is 2.96. The number of rotatable bonds is 2. The highest BCUT2D eigenvalue weighted by atomic mass is 15.1. The minimum absolute atomic E-state index is 0.481. The SMILES string of the molecule is c1cc(N2CCCCC2)ccc1C1CNCCN1. The average Bonchev–Trinajstić information content (AvgIpc) is 2.49. The van der Waals surface area contributed by atoms with E-state index in [-0.39, 0.29) is 0 Å². The van der Waals surface area contributed by atoms with Crippen LogP contribution in [-0.4, -0.2) is 32.7 Å². The normalized spacial score (nSPS) is 25.1. The lowest BCUT2D eigenvalue weighted by molar-refractivity contribution is 0.430. The Balaban J connectivity index is 1.67. The Morgan fingerprint density at radius 1 is 0.944 bits per heavy atom. The van der Waals surface area contributed by atoms with Gasteiger partial charge >= 0.3 is 0 Å². The zero-order chi connectivity index (χ0) is 12.2. The number of hydrogen-bond acceptors (Lipinski definition) is 3. The van der Waals surface area contributed by atoms with Crippen LogP contribution in [0.25, 0.3) is 0 Å². The number of nitrogens with zero attached hydrogens (tertiary/aromatic N) is 1. The number of benzene rings is 1. The summed E-state index contributed by atoms with van der Waals surface area (Å²) in [6, 6.07) is 9.63.